The summed E-state index contributed by atoms with van der Waals surface area (Å²) in [5.41, 5.74) is 0.349. The maximum atomic E-state index is 11.5. The average molecular weight is 284 g/mol. The first-order valence-electron chi connectivity index (χ1n) is 7.82. The number of carbonyl (C=O) groups is 1. The van der Waals surface area contributed by atoms with E-state index in [1.165, 1.54) is 0 Å². The van der Waals surface area contributed by atoms with Crippen LogP contribution in [0.5, 0.6) is 0 Å². The van der Waals surface area contributed by atoms with Crippen molar-refractivity contribution in [3.8, 4) is 0 Å². The minimum atomic E-state index is -0.692. The fourth-order valence-corrected chi connectivity index (χ4v) is 3.22. The highest BCUT2D eigenvalue weighted by Crippen LogP contribution is 2.40. The van der Waals surface area contributed by atoms with Gasteiger partial charge in [-0.15, -0.1) is 0 Å². The first-order chi connectivity index (χ1) is 9.21. The number of likely N-dealkylation sites (N-methyl/N-ethyl adjacent to an activating group) is 1. The molecule has 0 aliphatic heterocycles. The zero-order valence-corrected chi connectivity index (χ0v) is 13.8. The number of nitrogens with zero attached hydrogens (tertiary/aromatic N) is 1. The normalized spacial score (nSPS) is 25.7. The lowest BCUT2D eigenvalue weighted by molar-refractivity contribution is -0.141. The Kier molecular flexibility index (Phi) is 6.46. The molecule has 118 valence electrons. The molecule has 1 unspecified atom stereocenters. The molecule has 4 heteroatoms. The molecule has 0 amide bonds. The molecule has 0 heterocycles. The first kappa shape index (κ1) is 17.4. The summed E-state index contributed by atoms with van der Waals surface area (Å²) >= 11 is 0. The molecule has 1 atom stereocenters. The fraction of sp³-hybridized carbons (Fsp3) is 0.938. The molecule has 0 aromatic carbocycles. The summed E-state index contributed by atoms with van der Waals surface area (Å²) in [7, 11) is 4.01. The lowest BCUT2D eigenvalue weighted by atomic mass is 9.68. The highest BCUT2D eigenvalue weighted by atomic mass is 16.4. The molecule has 0 aromatic heterocycles. The van der Waals surface area contributed by atoms with E-state index in [0.29, 0.717) is 5.41 Å². The molecule has 0 saturated heterocycles. The molecule has 2 N–H and O–H groups in total. The van der Waals surface area contributed by atoms with Gasteiger partial charge in [-0.2, -0.15) is 0 Å². The van der Waals surface area contributed by atoms with Gasteiger partial charge in [-0.05, 0) is 57.0 Å². The minimum Gasteiger partial charge on any atom is -0.480 e. The van der Waals surface area contributed by atoms with Crippen molar-refractivity contribution >= 4 is 5.97 Å². The molecule has 20 heavy (non-hydrogen) atoms. The van der Waals surface area contributed by atoms with Gasteiger partial charge in [0.15, 0.2) is 0 Å². The number of carboxylic acids is 1. The predicted octanol–water partition coefficient (Wildman–Crippen LogP) is 2.44. The maximum absolute atomic E-state index is 11.5. The average Bonchev–Trinajstić information content (AvgIpc) is 2.33. The Hall–Kier alpha value is -0.610. The van der Waals surface area contributed by atoms with Crippen molar-refractivity contribution in [2.24, 2.45) is 17.3 Å². The Morgan fingerprint density at radius 1 is 1.25 bits per heavy atom. The van der Waals surface area contributed by atoms with Crippen LogP contribution in [0.2, 0.25) is 0 Å². The van der Waals surface area contributed by atoms with E-state index in [1.54, 1.807) is 0 Å². The van der Waals surface area contributed by atoms with Gasteiger partial charge >= 0.3 is 5.97 Å². The van der Waals surface area contributed by atoms with Gasteiger partial charge in [-0.3, -0.25) is 4.79 Å². The summed E-state index contributed by atoms with van der Waals surface area (Å²) in [4.78, 5) is 13.5. The van der Waals surface area contributed by atoms with Crippen LogP contribution in [0.4, 0.5) is 0 Å². The van der Waals surface area contributed by atoms with Gasteiger partial charge < -0.3 is 15.3 Å². The molecule has 1 aliphatic rings. The Morgan fingerprint density at radius 2 is 1.80 bits per heavy atom. The first-order valence-corrected chi connectivity index (χ1v) is 7.82. The van der Waals surface area contributed by atoms with E-state index >= 15 is 0 Å². The van der Waals surface area contributed by atoms with Gasteiger partial charge in [0.05, 0.1) is 0 Å². The molecule has 0 bridgehead atoms. The van der Waals surface area contributed by atoms with Crippen molar-refractivity contribution in [2.45, 2.75) is 52.5 Å². The second-order valence-electron chi connectivity index (χ2n) is 7.55. The highest BCUT2D eigenvalue weighted by molar-refractivity contribution is 5.73. The van der Waals surface area contributed by atoms with Gasteiger partial charge in [-0.25, -0.2) is 0 Å². The largest absolute Gasteiger partial charge is 0.480 e. The van der Waals surface area contributed by atoms with Crippen LogP contribution >= 0.6 is 0 Å². The molecule has 0 spiro atoms. The van der Waals surface area contributed by atoms with E-state index in [4.69, 9.17) is 0 Å². The van der Waals surface area contributed by atoms with E-state index in [0.717, 1.165) is 44.7 Å². The maximum Gasteiger partial charge on any atom is 0.320 e. The van der Waals surface area contributed by atoms with Crippen LogP contribution in [0.25, 0.3) is 0 Å². The van der Waals surface area contributed by atoms with E-state index in [9.17, 15) is 9.90 Å². The molecule has 0 aromatic rings. The van der Waals surface area contributed by atoms with Crippen LogP contribution in [0.3, 0.4) is 0 Å². The Morgan fingerprint density at radius 3 is 2.20 bits per heavy atom. The van der Waals surface area contributed by atoms with E-state index < -0.39 is 5.97 Å². The minimum absolute atomic E-state index is 0.285. The predicted molar refractivity (Wildman–Crippen MR) is 82.9 cm³/mol. The number of hydrogen-bond acceptors (Lipinski definition) is 3. The lowest BCUT2D eigenvalue weighted by Crippen LogP contribution is -2.46. The second-order valence-corrected chi connectivity index (χ2v) is 7.55. The molecule has 1 saturated carbocycles. The van der Waals surface area contributed by atoms with Crippen LogP contribution in [0.1, 0.15) is 46.5 Å². The van der Waals surface area contributed by atoms with Crippen molar-refractivity contribution in [1.82, 2.24) is 10.2 Å². The smallest absolute Gasteiger partial charge is 0.320 e. The standard InChI is InChI=1S/C16H32N2O2/c1-16(2,3)13-8-6-12(7-9-13)14(15(19)20)17-10-11-18(4)5/h12-14,17H,6-11H2,1-5H3,(H,19,20). The molecule has 1 fully saturated rings. The third-order valence-corrected chi connectivity index (χ3v) is 4.66. The molecule has 4 nitrogen and oxygen atoms in total. The van der Waals surface area contributed by atoms with Gasteiger partial charge in [0.1, 0.15) is 6.04 Å². The van der Waals surface area contributed by atoms with Crippen LogP contribution in [-0.4, -0.2) is 49.2 Å². The van der Waals surface area contributed by atoms with E-state index in [-0.39, 0.29) is 12.0 Å². The Labute approximate surface area is 123 Å². The fourth-order valence-electron chi connectivity index (χ4n) is 3.22. The second kappa shape index (κ2) is 7.41. The third-order valence-electron chi connectivity index (χ3n) is 4.66. The van der Waals surface area contributed by atoms with Crippen LogP contribution < -0.4 is 5.32 Å². The van der Waals surface area contributed by atoms with E-state index in [1.807, 2.05) is 14.1 Å². The number of nitrogens with one attached hydrogen (secondary N) is 1. The zero-order chi connectivity index (χ0) is 15.3. The SMILES string of the molecule is CN(C)CCNC(C(=O)O)C1CCC(C(C)(C)C)CC1. The molecular formula is C16H32N2O2. The van der Waals surface area contributed by atoms with Crippen LogP contribution in [0, 0.1) is 17.3 Å². The monoisotopic (exact) mass is 284 g/mol. The van der Waals surface area contributed by atoms with E-state index in [2.05, 4.69) is 31.0 Å². The quantitative estimate of drug-likeness (QED) is 0.786. The van der Waals surface area contributed by atoms with Crippen molar-refractivity contribution < 1.29 is 9.90 Å². The number of aliphatic carboxylic acids is 1. The Bertz CT molecular complexity index is 302. The lowest BCUT2D eigenvalue weighted by Gasteiger charge is -2.38. The summed E-state index contributed by atoms with van der Waals surface area (Å²) in [6.07, 6.45) is 4.39. The van der Waals surface area contributed by atoms with Gasteiger partial charge in [0, 0.05) is 13.1 Å². The van der Waals surface area contributed by atoms with Crippen molar-refractivity contribution in [1.29, 1.82) is 0 Å². The number of hydrogen-bond donors (Lipinski definition) is 2. The summed E-state index contributed by atoms with van der Waals surface area (Å²) in [5, 5.41) is 12.7. The topological polar surface area (TPSA) is 52.6 Å². The number of rotatable bonds is 6. The summed E-state index contributed by atoms with van der Waals surface area (Å²) in [6.45, 7) is 8.50. The molecule has 1 aliphatic carbocycles. The molecule has 0 radical (unpaired) electrons. The molecule has 1 rings (SSSR count). The van der Waals surface area contributed by atoms with Crippen LogP contribution in [0.15, 0.2) is 0 Å². The van der Waals surface area contributed by atoms with Crippen molar-refractivity contribution in [3.63, 3.8) is 0 Å². The zero-order valence-electron chi connectivity index (χ0n) is 13.8. The van der Waals surface area contributed by atoms with Gasteiger partial charge in [0.25, 0.3) is 0 Å². The third kappa shape index (κ3) is 5.41. The van der Waals surface area contributed by atoms with Gasteiger partial charge in [0.2, 0.25) is 0 Å². The van der Waals surface area contributed by atoms with Crippen molar-refractivity contribution in [2.75, 3.05) is 27.2 Å². The summed E-state index contributed by atoms with van der Waals surface area (Å²) in [6, 6.07) is -0.379. The highest BCUT2D eigenvalue weighted by Gasteiger charge is 2.35. The van der Waals surface area contributed by atoms with Gasteiger partial charge in [-0.1, -0.05) is 20.8 Å². The summed E-state index contributed by atoms with van der Waals surface area (Å²) < 4.78 is 0. The summed E-state index contributed by atoms with van der Waals surface area (Å²) in [5.74, 6) is 0.325. The Balaban J connectivity index is 2.48. The van der Waals surface area contributed by atoms with Crippen LogP contribution in [-0.2, 0) is 4.79 Å². The number of carboxylic acid groups (broad SMARTS) is 1. The molecular weight excluding hydrogens is 252 g/mol. The van der Waals surface area contributed by atoms with Crippen molar-refractivity contribution in [3.05, 3.63) is 0 Å².